The number of benzene rings is 1. The predicted molar refractivity (Wildman–Crippen MR) is 90.1 cm³/mol. The van der Waals surface area contributed by atoms with Gasteiger partial charge in [0, 0.05) is 6.04 Å². The molecule has 1 atom stereocenters. The van der Waals surface area contributed by atoms with E-state index in [-0.39, 0.29) is 0 Å². The summed E-state index contributed by atoms with van der Waals surface area (Å²) in [7, 11) is -1.18. The summed E-state index contributed by atoms with van der Waals surface area (Å²) in [6.07, 6.45) is 2.32. The van der Waals surface area contributed by atoms with Gasteiger partial charge in [0.25, 0.3) is 0 Å². The van der Waals surface area contributed by atoms with Crippen molar-refractivity contribution in [1.29, 1.82) is 0 Å². The lowest BCUT2D eigenvalue weighted by Gasteiger charge is -2.17. The summed E-state index contributed by atoms with van der Waals surface area (Å²) in [6, 6.07) is 11.4. The maximum Gasteiger partial charge on any atom is 0.0690 e. The zero-order valence-electron chi connectivity index (χ0n) is 13.2. The fourth-order valence-electron chi connectivity index (χ4n) is 2.07. The Kier molecular flexibility index (Phi) is 6.53. The summed E-state index contributed by atoms with van der Waals surface area (Å²) in [6.45, 7) is 12.8. The molecule has 0 spiro atoms. The standard InChI is InChI=1S/C17H29NSi/c1-6-15(2)18-13-12-17(14-19(3,4)5)16-10-8-7-9-11-16/h7-11,14-15,18H,6,12-13H2,1-5H3. The Morgan fingerprint density at radius 2 is 1.84 bits per heavy atom. The number of rotatable bonds is 7. The molecule has 0 fully saturated rings. The second kappa shape index (κ2) is 7.66. The van der Waals surface area contributed by atoms with E-state index in [0.29, 0.717) is 6.04 Å². The van der Waals surface area contributed by atoms with Crippen LogP contribution in [0.15, 0.2) is 36.0 Å². The molecule has 1 rings (SSSR count). The van der Waals surface area contributed by atoms with Crippen molar-refractivity contribution in [1.82, 2.24) is 5.32 Å². The first-order valence-corrected chi connectivity index (χ1v) is 11.0. The lowest BCUT2D eigenvalue weighted by atomic mass is 10.0. The van der Waals surface area contributed by atoms with Gasteiger partial charge in [0.2, 0.25) is 0 Å². The molecule has 2 heteroatoms. The highest BCUT2D eigenvalue weighted by molar-refractivity contribution is 6.81. The van der Waals surface area contributed by atoms with Crippen LogP contribution in [-0.4, -0.2) is 20.7 Å². The topological polar surface area (TPSA) is 12.0 Å². The molecule has 0 aliphatic carbocycles. The molecule has 0 saturated heterocycles. The van der Waals surface area contributed by atoms with Crippen LogP contribution >= 0.6 is 0 Å². The predicted octanol–water partition coefficient (Wildman–Crippen LogP) is 4.73. The molecule has 1 N–H and O–H groups in total. The zero-order chi connectivity index (χ0) is 14.3. The van der Waals surface area contributed by atoms with Gasteiger partial charge in [-0.3, -0.25) is 0 Å². The molecule has 1 aromatic carbocycles. The van der Waals surface area contributed by atoms with Gasteiger partial charge in [-0.1, -0.05) is 62.6 Å². The molecule has 0 radical (unpaired) electrons. The van der Waals surface area contributed by atoms with Crippen LogP contribution in [0.25, 0.3) is 5.57 Å². The third-order valence-corrected chi connectivity index (χ3v) is 4.47. The Hall–Kier alpha value is -0.863. The quantitative estimate of drug-likeness (QED) is 0.710. The number of nitrogens with one attached hydrogen (secondary N) is 1. The van der Waals surface area contributed by atoms with Gasteiger partial charge in [0.05, 0.1) is 8.07 Å². The van der Waals surface area contributed by atoms with E-state index in [1.807, 2.05) is 0 Å². The fraction of sp³-hybridized carbons (Fsp3) is 0.529. The van der Waals surface area contributed by atoms with E-state index >= 15 is 0 Å². The van der Waals surface area contributed by atoms with Crippen molar-refractivity contribution in [3.8, 4) is 0 Å². The minimum atomic E-state index is -1.18. The van der Waals surface area contributed by atoms with E-state index in [1.54, 1.807) is 0 Å². The van der Waals surface area contributed by atoms with E-state index in [2.05, 4.69) is 74.8 Å². The second-order valence-corrected chi connectivity index (χ2v) is 11.4. The van der Waals surface area contributed by atoms with Crippen molar-refractivity contribution in [2.45, 2.75) is 52.4 Å². The van der Waals surface area contributed by atoms with Gasteiger partial charge in [0.1, 0.15) is 0 Å². The molecule has 1 unspecified atom stereocenters. The average molecular weight is 276 g/mol. The number of hydrogen-bond donors (Lipinski definition) is 1. The smallest absolute Gasteiger partial charge is 0.0690 e. The highest BCUT2D eigenvalue weighted by Crippen LogP contribution is 2.21. The molecule has 106 valence electrons. The summed E-state index contributed by atoms with van der Waals surface area (Å²) in [4.78, 5) is 0. The molecule has 1 aromatic rings. The molecular weight excluding hydrogens is 246 g/mol. The van der Waals surface area contributed by atoms with Crippen LogP contribution in [0.1, 0.15) is 32.3 Å². The first kappa shape index (κ1) is 16.2. The summed E-state index contributed by atoms with van der Waals surface area (Å²) in [5, 5.41) is 3.59. The highest BCUT2D eigenvalue weighted by atomic mass is 28.3. The lowest BCUT2D eigenvalue weighted by molar-refractivity contribution is 0.542. The van der Waals surface area contributed by atoms with Crippen molar-refractivity contribution in [2.75, 3.05) is 6.54 Å². The molecule has 0 bridgehead atoms. The normalized spacial score (nSPS) is 14.5. The minimum Gasteiger partial charge on any atom is -0.314 e. The van der Waals surface area contributed by atoms with Crippen molar-refractivity contribution in [2.24, 2.45) is 0 Å². The summed E-state index contributed by atoms with van der Waals surface area (Å²) >= 11 is 0. The van der Waals surface area contributed by atoms with Crippen molar-refractivity contribution in [3.05, 3.63) is 41.6 Å². The molecule has 0 aromatic heterocycles. The van der Waals surface area contributed by atoms with Crippen LogP contribution in [-0.2, 0) is 0 Å². The summed E-state index contributed by atoms with van der Waals surface area (Å²) in [5.74, 6) is 0. The number of hydrogen-bond acceptors (Lipinski definition) is 1. The fourth-order valence-corrected chi connectivity index (χ4v) is 3.43. The molecular formula is C17H29NSi. The molecule has 0 saturated carbocycles. The Bertz CT molecular complexity index is 389. The lowest BCUT2D eigenvalue weighted by Crippen LogP contribution is -2.26. The molecule has 19 heavy (non-hydrogen) atoms. The van der Waals surface area contributed by atoms with Crippen molar-refractivity contribution in [3.63, 3.8) is 0 Å². The molecule has 0 aliphatic rings. The van der Waals surface area contributed by atoms with Crippen LogP contribution in [0.5, 0.6) is 0 Å². The van der Waals surface area contributed by atoms with Crippen molar-refractivity contribution >= 4 is 13.6 Å². The monoisotopic (exact) mass is 275 g/mol. The first-order valence-electron chi connectivity index (χ1n) is 7.43. The van der Waals surface area contributed by atoms with E-state index < -0.39 is 8.07 Å². The molecule has 0 heterocycles. The third kappa shape index (κ3) is 6.74. The van der Waals surface area contributed by atoms with Crippen molar-refractivity contribution < 1.29 is 0 Å². The second-order valence-electron chi connectivity index (χ2n) is 6.42. The first-order chi connectivity index (χ1) is 8.92. The largest absolute Gasteiger partial charge is 0.314 e. The maximum absolute atomic E-state index is 3.59. The van der Waals surface area contributed by atoms with E-state index in [1.165, 1.54) is 17.6 Å². The van der Waals surface area contributed by atoms with Gasteiger partial charge >= 0.3 is 0 Å². The maximum atomic E-state index is 3.59. The average Bonchev–Trinajstić information content (AvgIpc) is 2.37. The Morgan fingerprint density at radius 1 is 1.21 bits per heavy atom. The van der Waals surface area contributed by atoms with Gasteiger partial charge in [-0.2, -0.15) is 0 Å². The SMILES string of the molecule is CCC(C)NCCC(=C[Si](C)(C)C)c1ccccc1. The van der Waals surface area contributed by atoms with Crippen LogP contribution in [0, 0.1) is 0 Å². The van der Waals surface area contributed by atoms with Gasteiger partial charge in [-0.05, 0) is 37.4 Å². The van der Waals surface area contributed by atoms with E-state index in [4.69, 9.17) is 0 Å². The summed E-state index contributed by atoms with van der Waals surface area (Å²) in [5.41, 5.74) is 5.44. The molecule has 1 nitrogen and oxygen atoms in total. The van der Waals surface area contributed by atoms with Gasteiger partial charge in [-0.15, -0.1) is 0 Å². The van der Waals surface area contributed by atoms with Gasteiger partial charge < -0.3 is 5.32 Å². The van der Waals surface area contributed by atoms with E-state index in [9.17, 15) is 0 Å². The van der Waals surface area contributed by atoms with Crippen LogP contribution in [0.2, 0.25) is 19.6 Å². The molecule has 0 aliphatic heterocycles. The summed E-state index contributed by atoms with van der Waals surface area (Å²) < 4.78 is 0. The third-order valence-electron chi connectivity index (χ3n) is 3.25. The minimum absolute atomic E-state index is 0.615. The molecule has 0 amide bonds. The van der Waals surface area contributed by atoms with E-state index in [0.717, 1.165) is 13.0 Å². The van der Waals surface area contributed by atoms with Crippen LogP contribution in [0.4, 0.5) is 0 Å². The Labute approximate surface area is 120 Å². The van der Waals surface area contributed by atoms with Gasteiger partial charge in [-0.25, -0.2) is 0 Å². The van der Waals surface area contributed by atoms with Gasteiger partial charge in [0.15, 0.2) is 0 Å². The van der Waals surface area contributed by atoms with Crippen LogP contribution < -0.4 is 5.32 Å². The Morgan fingerprint density at radius 3 is 2.37 bits per heavy atom. The van der Waals surface area contributed by atoms with Crippen LogP contribution in [0.3, 0.4) is 0 Å². The zero-order valence-corrected chi connectivity index (χ0v) is 14.2. The highest BCUT2D eigenvalue weighted by Gasteiger charge is 2.12. The Balaban J connectivity index is 2.75.